The van der Waals surface area contributed by atoms with Crippen LogP contribution in [0.5, 0.6) is 5.75 Å². The molecular weight excluding hydrogens is 301 g/mol. The molecule has 0 spiro atoms. The van der Waals surface area contributed by atoms with Gasteiger partial charge in [0.05, 0.1) is 21.8 Å². The van der Waals surface area contributed by atoms with Gasteiger partial charge < -0.3 is 9.94 Å². The Morgan fingerprint density at radius 3 is 2.30 bits per heavy atom. The lowest BCUT2D eigenvalue weighted by molar-refractivity contribution is 0.0735. The molecule has 0 amide bonds. The minimum absolute atomic E-state index is 0.0669. The van der Waals surface area contributed by atoms with Gasteiger partial charge in [-0.15, -0.1) is 0 Å². The highest BCUT2D eigenvalue weighted by Crippen LogP contribution is 2.34. The zero-order valence-electron chi connectivity index (χ0n) is 10.1. The van der Waals surface area contributed by atoms with Crippen LogP contribution in [0.2, 0.25) is 10.0 Å². The van der Waals surface area contributed by atoms with E-state index in [0.717, 1.165) is 0 Å². The first-order valence-corrected chi connectivity index (χ1v) is 6.31. The molecule has 0 bridgehead atoms. The highest BCUT2D eigenvalue weighted by Gasteiger charge is 2.15. The number of carbonyl (C=O) groups excluding carboxylic acids is 1. The summed E-state index contributed by atoms with van der Waals surface area (Å²) in [7, 11) is 0. The number of carbonyl (C=O) groups is 1. The Bertz CT molecular complexity index is 634. The van der Waals surface area contributed by atoms with Gasteiger partial charge in [0.1, 0.15) is 0 Å². The number of ether oxygens (including phenoxy) is 1. The Morgan fingerprint density at radius 2 is 1.75 bits per heavy atom. The molecule has 20 heavy (non-hydrogen) atoms. The van der Waals surface area contributed by atoms with Gasteiger partial charge in [-0.25, -0.2) is 4.79 Å². The SMILES string of the molecule is O=C(Oc1c(Cl)cc(/C=N/O)cc1Cl)c1ccccc1. The number of halogens is 2. The van der Waals surface area contributed by atoms with E-state index in [1.807, 2.05) is 0 Å². The lowest BCUT2D eigenvalue weighted by Crippen LogP contribution is -2.09. The number of hydrogen-bond acceptors (Lipinski definition) is 4. The fourth-order valence-electron chi connectivity index (χ4n) is 1.54. The van der Waals surface area contributed by atoms with Crippen molar-refractivity contribution >= 4 is 35.4 Å². The van der Waals surface area contributed by atoms with Crippen LogP contribution in [-0.2, 0) is 0 Å². The number of nitrogens with zero attached hydrogens (tertiary/aromatic N) is 1. The first kappa shape index (κ1) is 14.4. The Balaban J connectivity index is 2.28. The highest BCUT2D eigenvalue weighted by atomic mass is 35.5. The molecule has 0 saturated carbocycles. The fraction of sp³-hybridized carbons (Fsp3) is 0. The number of rotatable bonds is 3. The second-order valence-electron chi connectivity index (χ2n) is 3.81. The van der Waals surface area contributed by atoms with E-state index in [4.69, 9.17) is 33.1 Å². The van der Waals surface area contributed by atoms with Crippen molar-refractivity contribution in [1.82, 2.24) is 0 Å². The number of oxime groups is 1. The zero-order valence-corrected chi connectivity index (χ0v) is 11.6. The quantitative estimate of drug-likeness (QED) is 0.306. The minimum atomic E-state index is -0.557. The summed E-state index contributed by atoms with van der Waals surface area (Å²) in [5.74, 6) is -0.491. The average molecular weight is 310 g/mol. The summed E-state index contributed by atoms with van der Waals surface area (Å²) in [5.41, 5.74) is 0.877. The summed E-state index contributed by atoms with van der Waals surface area (Å²) in [6.07, 6.45) is 1.17. The van der Waals surface area contributed by atoms with Crippen LogP contribution in [0.1, 0.15) is 15.9 Å². The van der Waals surface area contributed by atoms with Gasteiger partial charge in [0.15, 0.2) is 5.75 Å². The molecule has 0 aliphatic heterocycles. The largest absolute Gasteiger partial charge is 0.420 e. The first-order valence-electron chi connectivity index (χ1n) is 5.55. The van der Waals surface area contributed by atoms with Crippen molar-refractivity contribution in [2.75, 3.05) is 0 Å². The molecule has 0 heterocycles. The van der Waals surface area contributed by atoms with E-state index in [0.29, 0.717) is 11.1 Å². The predicted molar refractivity (Wildman–Crippen MR) is 77.2 cm³/mol. The fourth-order valence-corrected chi connectivity index (χ4v) is 2.13. The Morgan fingerprint density at radius 1 is 1.15 bits per heavy atom. The molecule has 102 valence electrons. The highest BCUT2D eigenvalue weighted by molar-refractivity contribution is 6.37. The van der Waals surface area contributed by atoms with E-state index in [9.17, 15) is 4.79 Å². The van der Waals surface area contributed by atoms with Crippen molar-refractivity contribution in [3.63, 3.8) is 0 Å². The lowest BCUT2D eigenvalue weighted by atomic mass is 10.2. The lowest BCUT2D eigenvalue weighted by Gasteiger charge is -2.09. The van der Waals surface area contributed by atoms with Crippen molar-refractivity contribution in [1.29, 1.82) is 0 Å². The molecule has 0 aliphatic carbocycles. The molecule has 0 aromatic heterocycles. The van der Waals surface area contributed by atoms with E-state index in [-0.39, 0.29) is 15.8 Å². The van der Waals surface area contributed by atoms with E-state index >= 15 is 0 Å². The van der Waals surface area contributed by atoms with Crippen LogP contribution >= 0.6 is 23.2 Å². The minimum Gasteiger partial charge on any atom is -0.420 e. The molecule has 4 nitrogen and oxygen atoms in total. The van der Waals surface area contributed by atoms with Gasteiger partial charge in [0, 0.05) is 0 Å². The summed E-state index contributed by atoms with van der Waals surface area (Å²) in [6.45, 7) is 0. The molecule has 0 aliphatic rings. The third kappa shape index (κ3) is 3.29. The van der Waals surface area contributed by atoms with Crippen LogP contribution in [0.4, 0.5) is 0 Å². The standard InChI is InChI=1S/C14H9Cl2NO3/c15-11-6-9(8-17-19)7-12(16)13(11)20-14(18)10-4-2-1-3-5-10/h1-8,19H/b17-8+. The van der Waals surface area contributed by atoms with Gasteiger partial charge in [-0.1, -0.05) is 46.6 Å². The Kier molecular flexibility index (Phi) is 4.61. The third-order valence-corrected chi connectivity index (χ3v) is 2.99. The topological polar surface area (TPSA) is 58.9 Å². The van der Waals surface area contributed by atoms with Crippen LogP contribution in [0.15, 0.2) is 47.6 Å². The molecule has 0 atom stereocenters. The van der Waals surface area contributed by atoms with Gasteiger partial charge in [-0.05, 0) is 29.8 Å². The number of benzene rings is 2. The Hall–Kier alpha value is -2.04. The van der Waals surface area contributed by atoms with Gasteiger partial charge >= 0.3 is 5.97 Å². The van der Waals surface area contributed by atoms with E-state index < -0.39 is 5.97 Å². The smallest absolute Gasteiger partial charge is 0.343 e. The maximum atomic E-state index is 11.9. The molecule has 0 unspecified atom stereocenters. The summed E-state index contributed by atoms with van der Waals surface area (Å²) in [5, 5.41) is 11.6. The van der Waals surface area contributed by atoms with E-state index in [2.05, 4.69) is 5.16 Å². The van der Waals surface area contributed by atoms with Crippen molar-refractivity contribution in [2.24, 2.45) is 5.16 Å². The third-order valence-electron chi connectivity index (χ3n) is 2.43. The second kappa shape index (κ2) is 6.41. The second-order valence-corrected chi connectivity index (χ2v) is 4.63. The van der Waals surface area contributed by atoms with E-state index in [1.165, 1.54) is 18.3 Å². The van der Waals surface area contributed by atoms with E-state index in [1.54, 1.807) is 30.3 Å². The average Bonchev–Trinajstić information content (AvgIpc) is 2.44. The van der Waals surface area contributed by atoms with Gasteiger partial charge in [0.2, 0.25) is 0 Å². The molecule has 0 saturated heterocycles. The number of esters is 1. The maximum Gasteiger partial charge on any atom is 0.343 e. The monoisotopic (exact) mass is 309 g/mol. The van der Waals surface area contributed by atoms with Crippen molar-refractivity contribution < 1.29 is 14.7 Å². The van der Waals surface area contributed by atoms with Crippen LogP contribution in [-0.4, -0.2) is 17.4 Å². The summed E-state index contributed by atoms with van der Waals surface area (Å²) in [4.78, 5) is 11.9. The Labute approximate surface area is 125 Å². The number of hydrogen-bond donors (Lipinski definition) is 1. The molecule has 2 aromatic carbocycles. The van der Waals surface area contributed by atoms with Crippen LogP contribution in [0.3, 0.4) is 0 Å². The predicted octanol–water partition coefficient (Wildman–Crippen LogP) is 4.02. The molecule has 0 fully saturated rings. The van der Waals surface area contributed by atoms with Crippen LogP contribution in [0.25, 0.3) is 0 Å². The van der Waals surface area contributed by atoms with Crippen LogP contribution < -0.4 is 4.74 Å². The zero-order chi connectivity index (χ0) is 14.5. The molecule has 2 rings (SSSR count). The van der Waals surface area contributed by atoms with Crippen LogP contribution in [0, 0.1) is 0 Å². The van der Waals surface area contributed by atoms with Gasteiger partial charge in [-0.3, -0.25) is 0 Å². The molecule has 2 aromatic rings. The van der Waals surface area contributed by atoms with Gasteiger partial charge in [0.25, 0.3) is 0 Å². The summed E-state index contributed by atoms with van der Waals surface area (Å²) < 4.78 is 5.19. The van der Waals surface area contributed by atoms with Crippen molar-refractivity contribution in [2.45, 2.75) is 0 Å². The van der Waals surface area contributed by atoms with Crippen molar-refractivity contribution in [3.8, 4) is 5.75 Å². The molecule has 0 radical (unpaired) electrons. The first-order chi connectivity index (χ1) is 9.61. The van der Waals surface area contributed by atoms with Gasteiger partial charge in [-0.2, -0.15) is 0 Å². The maximum absolute atomic E-state index is 11.9. The normalized spacial score (nSPS) is 10.7. The van der Waals surface area contributed by atoms with Crippen molar-refractivity contribution in [3.05, 3.63) is 63.6 Å². The summed E-state index contributed by atoms with van der Waals surface area (Å²) in [6, 6.07) is 11.4. The molecular formula is C14H9Cl2NO3. The summed E-state index contributed by atoms with van der Waals surface area (Å²) >= 11 is 12.0. The molecule has 1 N–H and O–H groups in total. The molecule has 6 heteroatoms.